The summed E-state index contributed by atoms with van der Waals surface area (Å²) in [7, 11) is 0. The fraction of sp³-hybridized carbons (Fsp3) is 0.125. The Labute approximate surface area is 116 Å². The van der Waals surface area contributed by atoms with Crippen LogP contribution in [0.1, 0.15) is 21.5 Å². The zero-order valence-electron chi connectivity index (χ0n) is 11.4. The van der Waals surface area contributed by atoms with E-state index in [1.807, 2.05) is 50.2 Å². The first-order valence-electron chi connectivity index (χ1n) is 6.45. The molecule has 1 amide bonds. The normalized spacial score (nSPS) is 10.7. The highest BCUT2D eigenvalue weighted by atomic mass is 16.1. The minimum atomic E-state index is -0.0925. The number of hydrogen-bond acceptors (Lipinski definition) is 2. The van der Waals surface area contributed by atoms with E-state index in [0.717, 1.165) is 27.7 Å². The molecular weight excluding hydrogens is 250 g/mol. The lowest BCUT2D eigenvalue weighted by Crippen LogP contribution is -2.13. The van der Waals surface area contributed by atoms with Crippen LogP contribution in [0.15, 0.2) is 42.6 Å². The number of amides is 1. The molecule has 0 aliphatic heterocycles. The van der Waals surface area contributed by atoms with Crippen molar-refractivity contribution in [3.05, 3.63) is 59.3 Å². The van der Waals surface area contributed by atoms with Crippen molar-refractivity contribution in [1.82, 2.24) is 10.2 Å². The van der Waals surface area contributed by atoms with Gasteiger partial charge in [0.05, 0.1) is 11.7 Å². The van der Waals surface area contributed by atoms with Gasteiger partial charge < -0.3 is 5.32 Å². The molecule has 0 spiro atoms. The maximum Gasteiger partial charge on any atom is 0.255 e. The second-order valence-corrected chi connectivity index (χ2v) is 4.94. The third-order valence-corrected chi connectivity index (χ3v) is 3.34. The lowest BCUT2D eigenvalue weighted by atomic mass is 10.0. The Kier molecular flexibility index (Phi) is 2.99. The number of nitrogens with zero attached hydrogens (tertiary/aromatic N) is 1. The van der Waals surface area contributed by atoms with E-state index >= 15 is 0 Å². The number of nitrogens with one attached hydrogen (secondary N) is 2. The fourth-order valence-electron chi connectivity index (χ4n) is 2.19. The molecule has 0 aliphatic rings. The van der Waals surface area contributed by atoms with Gasteiger partial charge in [-0.2, -0.15) is 5.10 Å². The molecule has 0 bridgehead atoms. The molecule has 0 saturated heterocycles. The SMILES string of the molecule is Cc1ccc(C)c(C(=O)Nc2ccc3cn[nH]c3c2)c1. The second-order valence-electron chi connectivity index (χ2n) is 4.94. The van der Waals surface area contributed by atoms with Crippen molar-refractivity contribution >= 4 is 22.5 Å². The molecule has 4 nitrogen and oxygen atoms in total. The average molecular weight is 265 g/mol. The predicted octanol–water partition coefficient (Wildman–Crippen LogP) is 3.43. The number of anilines is 1. The van der Waals surface area contributed by atoms with Crippen LogP contribution >= 0.6 is 0 Å². The van der Waals surface area contributed by atoms with E-state index in [1.54, 1.807) is 6.20 Å². The van der Waals surface area contributed by atoms with Crippen LogP contribution in [0.4, 0.5) is 5.69 Å². The quantitative estimate of drug-likeness (QED) is 0.745. The number of aromatic amines is 1. The van der Waals surface area contributed by atoms with E-state index in [9.17, 15) is 4.79 Å². The first-order chi connectivity index (χ1) is 9.63. The molecule has 2 aromatic carbocycles. The molecule has 20 heavy (non-hydrogen) atoms. The van der Waals surface area contributed by atoms with E-state index < -0.39 is 0 Å². The summed E-state index contributed by atoms with van der Waals surface area (Å²) in [6.45, 7) is 3.92. The number of benzene rings is 2. The predicted molar refractivity (Wildman–Crippen MR) is 80.0 cm³/mol. The van der Waals surface area contributed by atoms with Gasteiger partial charge in [-0.15, -0.1) is 0 Å². The maximum atomic E-state index is 12.3. The number of carbonyl (C=O) groups excluding carboxylic acids is 1. The largest absolute Gasteiger partial charge is 0.322 e. The Morgan fingerprint density at radius 1 is 1.15 bits per heavy atom. The zero-order chi connectivity index (χ0) is 14.1. The monoisotopic (exact) mass is 265 g/mol. The van der Waals surface area contributed by atoms with Crippen molar-refractivity contribution in [2.24, 2.45) is 0 Å². The molecule has 4 heteroatoms. The van der Waals surface area contributed by atoms with E-state index in [0.29, 0.717) is 5.56 Å². The molecule has 0 atom stereocenters. The van der Waals surface area contributed by atoms with Crippen molar-refractivity contribution in [3.63, 3.8) is 0 Å². The molecule has 100 valence electrons. The average Bonchev–Trinajstić information content (AvgIpc) is 2.89. The Morgan fingerprint density at radius 3 is 2.85 bits per heavy atom. The first kappa shape index (κ1) is 12.4. The number of fused-ring (bicyclic) bond motifs is 1. The third-order valence-electron chi connectivity index (χ3n) is 3.34. The standard InChI is InChI=1S/C16H15N3O/c1-10-3-4-11(2)14(7-10)16(20)18-13-6-5-12-9-17-19-15(12)8-13/h3-9H,1-2H3,(H,17,19)(H,18,20). The Hall–Kier alpha value is -2.62. The van der Waals surface area contributed by atoms with Crippen LogP contribution < -0.4 is 5.32 Å². The summed E-state index contributed by atoms with van der Waals surface area (Å²) in [6, 6.07) is 11.5. The Balaban J connectivity index is 1.89. The number of rotatable bonds is 2. The topological polar surface area (TPSA) is 57.8 Å². The van der Waals surface area contributed by atoms with Crippen molar-refractivity contribution in [2.45, 2.75) is 13.8 Å². The van der Waals surface area contributed by atoms with Gasteiger partial charge in [0.25, 0.3) is 5.91 Å². The minimum absolute atomic E-state index is 0.0925. The highest BCUT2D eigenvalue weighted by Gasteiger charge is 2.10. The molecule has 2 N–H and O–H groups in total. The lowest BCUT2D eigenvalue weighted by molar-refractivity contribution is 0.102. The summed E-state index contributed by atoms with van der Waals surface area (Å²) in [5, 5.41) is 10.8. The molecular formula is C16H15N3O. The van der Waals surface area contributed by atoms with Gasteiger partial charge in [-0.25, -0.2) is 0 Å². The van der Waals surface area contributed by atoms with Gasteiger partial charge in [-0.05, 0) is 43.7 Å². The number of aromatic nitrogens is 2. The minimum Gasteiger partial charge on any atom is -0.322 e. The zero-order valence-corrected chi connectivity index (χ0v) is 11.4. The Bertz CT molecular complexity index is 789. The summed E-state index contributed by atoms with van der Waals surface area (Å²) in [4.78, 5) is 12.3. The molecule has 3 rings (SSSR count). The van der Waals surface area contributed by atoms with Gasteiger partial charge in [0.1, 0.15) is 0 Å². The maximum absolute atomic E-state index is 12.3. The van der Waals surface area contributed by atoms with Crippen LogP contribution in [0, 0.1) is 13.8 Å². The molecule has 0 unspecified atom stereocenters. The van der Waals surface area contributed by atoms with Gasteiger partial charge in [0.15, 0.2) is 0 Å². The first-order valence-corrected chi connectivity index (χ1v) is 6.45. The van der Waals surface area contributed by atoms with Crippen LogP contribution in [-0.4, -0.2) is 16.1 Å². The number of hydrogen-bond donors (Lipinski definition) is 2. The number of aryl methyl sites for hydroxylation is 2. The molecule has 1 heterocycles. The second kappa shape index (κ2) is 4.81. The third kappa shape index (κ3) is 2.28. The molecule has 0 saturated carbocycles. The van der Waals surface area contributed by atoms with Gasteiger partial charge in [-0.3, -0.25) is 9.89 Å². The van der Waals surface area contributed by atoms with Crippen LogP contribution in [0.3, 0.4) is 0 Å². The van der Waals surface area contributed by atoms with Crippen molar-refractivity contribution in [2.75, 3.05) is 5.32 Å². The number of H-pyrrole nitrogens is 1. The van der Waals surface area contributed by atoms with Gasteiger partial charge in [0.2, 0.25) is 0 Å². The summed E-state index contributed by atoms with van der Waals surface area (Å²) in [6.07, 6.45) is 1.76. The van der Waals surface area contributed by atoms with Gasteiger partial charge in [-0.1, -0.05) is 17.7 Å². The Morgan fingerprint density at radius 2 is 2.00 bits per heavy atom. The van der Waals surface area contributed by atoms with Gasteiger partial charge >= 0.3 is 0 Å². The molecule has 3 aromatic rings. The highest BCUT2D eigenvalue weighted by Crippen LogP contribution is 2.18. The number of carbonyl (C=O) groups is 1. The van der Waals surface area contributed by atoms with Crippen molar-refractivity contribution < 1.29 is 4.79 Å². The fourth-order valence-corrected chi connectivity index (χ4v) is 2.19. The van der Waals surface area contributed by atoms with E-state index in [4.69, 9.17) is 0 Å². The smallest absolute Gasteiger partial charge is 0.255 e. The molecule has 0 fully saturated rings. The van der Waals surface area contributed by atoms with Gasteiger partial charge in [0, 0.05) is 16.6 Å². The highest BCUT2D eigenvalue weighted by molar-refractivity contribution is 6.06. The van der Waals surface area contributed by atoms with Crippen LogP contribution in [0.2, 0.25) is 0 Å². The lowest BCUT2D eigenvalue weighted by Gasteiger charge is -2.08. The van der Waals surface area contributed by atoms with Crippen molar-refractivity contribution in [1.29, 1.82) is 0 Å². The van der Waals surface area contributed by atoms with E-state index in [1.165, 1.54) is 0 Å². The van der Waals surface area contributed by atoms with Crippen LogP contribution in [0.25, 0.3) is 10.9 Å². The summed E-state index contributed by atoms with van der Waals surface area (Å²) < 4.78 is 0. The summed E-state index contributed by atoms with van der Waals surface area (Å²) in [5.74, 6) is -0.0925. The summed E-state index contributed by atoms with van der Waals surface area (Å²) in [5.41, 5.74) is 4.41. The van der Waals surface area contributed by atoms with Crippen LogP contribution in [-0.2, 0) is 0 Å². The molecule has 0 radical (unpaired) electrons. The van der Waals surface area contributed by atoms with E-state index in [2.05, 4.69) is 15.5 Å². The van der Waals surface area contributed by atoms with Crippen LogP contribution in [0.5, 0.6) is 0 Å². The van der Waals surface area contributed by atoms with Crippen molar-refractivity contribution in [3.8, 4) is 0 Å². The summed E-state index contributed by atoms with van der Waals surface area (Å²) >= 11 is 0. The molecule has 1 aromatic heterocycles. The van der Waals surface area contributed by atoms with E-state index in [-0.39, 0.29) is 5.91 Å². The molecule has 0 aliphatic carbocycles.